The summed E-state index contributed by atoms with van der Waals surface area (Å²) in [7, 11) is 0. The Balaban J connectivity index is 2.04. The van der Waals surface area contributed by atoms with Gasteiger partial charge in [0.1, 0.15) is 5.82 Å². The largest absolute Gasteiger partial charge is 0.366 e. The summed E-state index contributed by atoms with van der Waals surface area (Å²) in [5.74, 6) is 0.929. The van der Waals surface area contributed by atoms with Crippen molar-refractivity contribution in [2.24, 2.45) is 0 Å². The van der Waals surface area contributed by atoms with Gasteiger partial charge in [0.2, 0.25) is 0 Å². The van der Waals surface area contributed by atoms with Crippen LogP contribution in [0.4, 0.5) is 5.82 Å². The third-order valence-corrected chi connectivity index (χ3v) is 3.44. The number of morpholine rings is 1. The molecule has 1 aliphatic heterocycles. The minimum absolute atomic E-state index is 0.176. The van der Waals surface area contributed by atoms with E-state index in [4.69, 9.17) is 4.74 Å². The molecule has 0 amide bonds. The molecule has 21 heavy (non-hydrogen) atoms. The summed E-state index contributed by atoms with van der Waals surface area (Å²) < 4.78 is 6.10. The van der Waals surface area contributed by atoms with Crippen LogP contribution >= 0.6 is 0 Å². The van der Waals surface area contributed by atoms with E-state index in [-0.39, 0.29) is 11.2 Å². The van der Waals surface area contributed by atoms with Gasteiger partial charge in [-0.15, -0.1) is 0 Å². The zero-order chi connectivity index (χ0) is 15.5. The summed E-state index contributed by atoms with van der Waals surface area (Å²) in [4.78, 5) is 11.4. The topological polar surface area (TPSA) is 50.3 Å². The van der Waals surface area contributed by atoms with E-state index in [2.05, 4.69) is 54.8 Å². The molecule has 1 aromatic rings. The van der Waals surface area contributed by atoms with Crippen molar-refractivity contribution in [2.75, 3.05) is 24.5 Å². The van der Waals surface area contributed by atoms with Crippen molar-refractivity contribution in [1.82, 2.24) is 15.3 Å². The van der Waals surface area contributed by atoms with Crippen LogP contribution in [0, 0.1) is 0 Å². The monoisotopic (exact) mass is 292 g/mol. The van der Waals surface area contributed by atoms with Crippen molar-refractivity contribution in [1.29, 1.82) is 0 Å². The SMILES string of the molecule is CCCNCc1cnc(N2CC(C)(C)OC(C)(C)C2)cn1. The van der Waals surface area contributed by atoms with Gasteiger partial charge in [-0.25, -0.2) is 4.98 Å². The second kappa shape index (κ2) is 6.28. The van der Waals surface area contributed by atoms with E-state index in [1.807, 2.05) is 12.4 Å². The second-order valence-electron chi connectivity index (χ2n) is 7.02. The molecule has 2 rings (SSSR count). The molecule has 1 fully saturated rings. The minimum Gasteiger partial charge on any atom is -0.366 e. The first-order chi connectivity index (χ1) is 9.81. The molecule has 2 heterocycles. The van der Waals surface area contributed by atoms with Crippen molar-refractivity contribution < 1.29 is 4.74 Å². The van der Waals surface area contributed by atoms with Gasteiger partial charge in [0.25, 0.3) is 0 Å². The molecule has 1 aromatic heterocycles. The highest BCUT2D eigenvalue weighted by molar-refractivity contribution is 5.38. The molecule has 0 radical (unpaired) electrons. The summed E-state index contributed by atoms with van der Waals surface area (Å²) in [6, 6.07) is 0. The molecular formula is C16H28N4O. The van der Waals surface area contributed by atoms with Crippen LogP contribution < -0.4 is 10.2 Å². The molecule has 0 atom stereocenters. The molecule has 0 saturated carbocycles. The lowest BCUT2D eigenvalue weighted by molar-refractivity contribution is -0.133. The molecule has 0 spiro atoms. The number of rotatable bonds is 5. The molecule has 118 valence electrons. The van der Waals surface area contributed by atoms with E-state index < -0.39 is 0 Å². The molecule has 1 N–H and O–H groups in total. The molecule has 5 nitrogen and oxygen atoms in total. The van der Waals surface area contributed by atoms with Crippen LogP contribution in [0.25, 0.3) is 0 Å². The predicted octanol–water partition coefficient (Wildman–Crippen LogP) is 2.37. The molecular weight excluding hydrogens is 264 g/mol. The zero-order valence-corrected chi connectivity index (χ0v) is 13.9. The lowest BCUT2D eigenvalue weighted by Crippen LogP contribution is -2.57. The first kappa shape index (κ1) is 16.2. The number of ether oxygens (including phenoxy) is 1. The van der Waals surface area contributed by atoms with Gasteiger partial charge in [0.05, 0.1) is 29.3 Å². The third-order valence-electron chi connectivity index (χ3n) is 3.44. The summed E-state index contributed by atoms with van der Waals surface area (Å²) >= 11 is 0. The lowest BCUT2D eigenvalue weighted by Gasteiger charge is -2.47. The standard InChI is InChI=1S/C16H28N4O/c1-6-7-17-8-13-9-19-14(10-18-13)20-11-15(2,3)21-16(4,5)12-20/h9-10,17H,6-8,11-12H2,1-5H3. The maximum Gasteiger partial charge on any atom is 0.147 e. The number of aromatic nitrogens is 2. The Morgan fingerprint density at radius 2 is 1.81 bits per heavy atom. The first-order valence-electron chi connectivity index (χ1n) is 7.78. The van der Waals surface area contributed by atoms with E-state index in [0.29, 0.717) is 0 Å². The Kier molecular flexibility index (Phi) is 4.84. The van der Waals surface area contributed by atoms with Crippen LogP contribution in [0.3, 0.4) is 0 Å². The van der Waals surface area contributed by atoms with E-state index in [1.54, 1.807) is 0 Å². The fourth-order valence-electron chi connectivity index (χ4n) is 2.95. The van der Waals surface area contributed by atoms with Crippen LogP contribution in [0.5, 0.6) is 0 Å². The van der Waals surface area contributed by atoms with Crippen molar-refractivity contribution in [3.05, 3.63) is 18.1 Å². The van der Waals surface area contributed by atoms with E-state index >= 15 is 0 Å². The molecule has 1 aliphatic rings. The van der Waals surface area contributed by atoms with Gasteiger partial charge in [-0.1, -0.05) is 6.92 Å². The highest BCUT2D eigenvalue weighted by Gasteiger charge is 2.38. The summed E-state index contributed by atoms with van der Waals surface area (Å²) in [6.45, 7) is 14.1. The number of hydrogen-bond donors (Lipinski definition) is 1. The van der Waals surface area contributed by atoms with Gasteiger partial charge in [-0.3, -0.25) is 4.98 Å². The van der Waals surface area contributed by atoms with Gasteiger partial charge in [-0.2, -0.15) is 0 Å². The molecule has 1 saturated heterocycles. The van der Waals surface area contributed by atoms with Crippen LogP contribution in [-0.2, 0) is 11.3 Å². The minimum atomic E-state index is -0.176. The van der Waals surface area contributed by atoms with Gasteiger partial charge in [-0.05, 0) is 40.7 Å². The molecule has 0 unspecified atom stereocenters. The van der Waals surface area contributed by atoms with E-state index in [1.165, 1.54) is 0 Å². The van der Waals surface area contributed by atoms with Crippen LogP contribution in [-0.4, -0.2) is 40.8 Å². The maximum atomic E-state index is 6.10. The highest BCUT2D eigenvalue weighted by atomic mass is 16.5. The Morgan fingerprint density at radius 1 is 1.14 bits per heavy atom. The quantitative estimate of drug-likeness (QED) is 0.844. The smallest absolute Gasteiger partial charge is 0.147 e. The van der Waals surface area contributed by atoms with E-state index in [9.17, 15) is 0 Å². The number of anilines is 1. The first-order valence-corrected chi connectivity index (χ1v) is 7.78. The van der Waals surface area contributed by atoms with Crippen molar-refractivity contribution in [3.8, 4) is 0 Å². The molecule has 0 bridgehead atoms. The average molecular weight is 292 g/mol. The van der Waals surface area contributed by atoms with Crippen LogP contribution in [0.1, 0.15) is 46.7 Å². The average Bonchev–Trinajstić information content (AvgIpc) is 2.36. The molecule has 0 aliphatic carbocycles. The van der Waals surface area contributed by atoms with Gasteiger partial charge >= 0.3 is 0 Å². The van der Waals surface area contributed by atoms with Crippen molar-refractivity contribution in [3.63, 3.8) is 0 Å². The number of nitrogens with zero attached hydrogens (tertiary/aromatic N) is 3. The summed E-state index contributed by atoms with van der Waals surface area (Å²) in [6.07, 6.45) is 4.87. The Morgan fingerprint density at radius 3 is 2.33 bits per heavy atom. The van der Waals surface area contributed by atoms with Crippen molar-refractivity contribution in [2.45, 2.75) is 58.8 Å². The van der Waals surface area contributed by atoms with Crippen LogP contribution in [0.15, 0.2) is 12.4 Å². The molecule has 5 heteroatoms. The zero-order valence-electron chi connectivity index (χ0n) is 13.9. The fourth-order valence-corrected chi connectivity index (χ4v) is 2.95. The summed E-state index contributed by atoms with van der Waals surface area (Å²) in [5, 5.41) is 3.34. The third kappa shape index (κ3) is 4.64. The normalized spacial score (nSPS) is 20.5. The Bertz CT molecular complexity index is 440. The lowest BCUT2D eigenvalue weighted by atomic mass is 9.99. The number of nitrogens with one attached hydrogen (secondary N) is 1. The van der Waals surface area contributed by atoms with E-state index in [0.717, 1.165) is 44.1 Å². The molecule has 0 aromatic carbocycles. The van der Waals surface area contributed by atoms with Gasteiger partial charge in [0, 0.05) is 19.6 Å². The second-order valence-corrected chi connectivity index (χ2v) is 7.02. The Labute approximate surface area is 128 Å². The predicted molar refractivity (Wildman–Crippen MR) is 85.5 cm³/mol. The van der Waals surface area contributed by atoms with Gasteiger partial charge < -0.3 is 15.0 Å². The Hall–Kier alpha value is -1.20. The maximum absolute atomic E-state index is 6.10. The highest BCUT2D eigenvalue weighted by Crippen LogP contribution is 2.30. The summed E-state index contributed by atoms with van der Waals surface area (Å²) in [5.41, 5.74) is 0.634. The van der Waals surface area contributed by atoms with Crippen LogP contribution in [0.2, 0.25) is 0 Å². The fraction of sp³-hybridized carbons (Fsp3) is 0.750. The number of hydrogen-bond acceptors (Lipinski definition) is 5. The van der Waals surface area contributed by atoms with Crippen molar-refractivity contribution >= 4 is 5.82 Å². The van der Waals surface area contributed by atoms with Gasteiger partial charge in [0.15, 0.2) is 0 Å².